The molecule has 0 aromatic rings. The number of hydrogen-bond acceptors (Lipinski definition) is 2. The van der Waals surface area contributed by atoms with Crippen molar-refractivity contribution in [1.29, 1.82) is 0 Å². The Kier molecular flexibility index (Phi) is 0.940. The topological polar surface area (TPSA) is 34.1 Å². The van der Waals surface area contributed by atoms with Crippen LogP contribution < -0.4 is 0 Å². The van der Waals surface area contributed by atoms with Crippen LogP contribution in [0.4, 0.5) is 0 Å². The van der Waals surface area contributed by atoms with Gasteiger partial charge in [0.05, 0.1) is 10.8 Å². The highest BCUT2D eigenvalue weighted by molar-refractivity contribution is 6.31. The van der Waals surface area contributed by atoms with Gasteiger partial charge in [0.2, 0.25) is 0 Å². The molecule has 3 aliphatic rings. The molecule has 0 bridgehead atoms. The van der Waals surface area contributed by atoms with E-state index in [4.69, 9.17) is 0 Å². The molecule has 2 heteroatoms. The fourth-order valence-electron chi connectivity index (χ4n) is 3.03. The van der Waals surface area contributed by atoms with Gasteiger partial charge in [-0.15, -0.1) is 0 Å². The smallest absolute Gasteiger partial charge is 0.159 e. The van der Waals surface area contributed by atoms with Crippen LogP contribution in [0.2, 0.25) is 0 Å². The molecule has 3 rings (SSSR count). The van der Waals surface area contributed by atoms with Crippen LogP contribution >= 0.6 is 0 Å². The van der Waals surface area contributed by atoms with Crippen molar-refractivity contribution in [3.05, 3.63) is 0 Å². The van der Waals surface area contributed by atoms with Gasteiger partial charge in [-0.2, -0.15) is 0 Å². The normalized spacial score (nSPS) is 34.3. The fourth-order valence-corrected chi connectivity index (χ4v) is 3.03. The van der Waals surface area contributed by atoms with Crippen molar-refractivity contribution < 1.29 is 9.59 Å². The lowest BCUT2D eigenvalue weighted by Gasteiger charge is -2.60. The summed E-state index contributed by atoms with van der Waals surface area (Å²) in [5, 5.41) is 0. The first-order valence-electron chi connectivity index (χ1n) is 4.82. The molecule has 0 atom stereocenters. The molecule has 3 fully saturated rings. The summed E-state index contributed by atoms with van der Waals surface area (Å²) >= 11 is 0. The second-order valence-corrected chi connectivity index (χ2v) is 4.53. The maximum absolute atomic E-state index is 11.8. The van der Waals surface area contributed by atoms with Crippen molar-refractivity contribution in [3.8, 4) is 0 Å². The van der Waals surface area contributed by atoms with Crippen LogP contribution in [0.15, 0.2) is 0 Å². The predicted molar refractivity (Wildman–Crippen MR) is 42.6 cm³/mol. The highest BCUT2D eigenvalue weighted by Crippen LogP contribution is 2.65. The monoisotopic (exact) mass is 164 g/mol. The molecule has 0 aromatic carbocycles. The van der Waals surface area contributed by atoms with Gasteiger partial charge in [-0.1, -0.05) is 12.8 Å². The minimum atomic E-state index is -0.430. The second-order valence-electron chi connectivity index (χ2n) is 4.53. The van der Waals surface area contributed by atoms with Crippen LogP contribution in [0.1, 0.15) is 38.5 Å². The Bertz CT molecular complexity index is 236. The number of rotatable bonds is 0. The first kappa shape index (κ1) is 6.81. The molecule has 0 aliphatic heterocycles. The van der Waals surface area contributed by atoms with Crippen molar-refractivity contribution >= 4 is 11.6 Å². The molecule has 0 radical (unpaired) electrons. The van der Waals surface area contributed by atoms with Gasteiger partial charge < -0.3 is 0 Å². The van der Waals surface area contributed by atoms with Gasteiger partial charge in [0.15, 0.2) is 11.6 Å². The van der Waals surface area contributed by atoms with E-state index >= 15 is 0 Å². The second kappa shape index (κ2) is 1.66. The molecule has 3 saturated carbocycles. The van der Waals surface area contributed by atoms with Crippen LogP contribution in [-0.4, -0.2) is 11.6 Å². The minimum absolute atomic E-state index is 0.303. The fraction of sp³-hybridized carbons (Fsp3) is 0.800. The molecule has 0 unspecified atom stereocenters. The molecule has 3 aliphatic carbocycles. The first-order chi connectivity index (χ1) is 5.72. The van der Waals surface area contributed by atoms with Crippen LogP contribution in [0.3, 0.4) is 0 Å². The van der Waals surface area contributed by atoms with E-state index in [0.29, 0.717) is 11.6 Å². The predicted octanol–water partition coefficient (Wildman–Crippen LogP) is 1.48. The molecule has 0 amide bonds. The Morgan fingerprint density at radius 1 is 0.750 bits per heavy atom. The van der Waals surface area contributed by atoms with E-state index in [2.05, 4.69) is 0 Å². The van der Waals surface area contributed by atoms with Gasteiger partial charge in [-0.3, -0.25) is 9.59 Å². The third-order valence-electron chi connectivity index (χ3n) is 4.15. The summed E-state index contributed by atoms with van der Waals surface area (Å²) in [5.74, 6) is 0.606. The number of carbonyl (C=O) groups is 2. The maximum Gasteiger partial charge on any atom is 0.159 e. The van der Waals surface area contributed by atoms with E-state index in [1.54, 1.807) is 0 Å². The lowest BCUT2D eigenvalue weighted by atomic mass is 9.38. The van der Waals surface area contributed by atoms with Gasteiger partial charge in [0, 0.05) is 0 Å². The van der Waals surface area contributed by atoms with Crippen molar-refractivity contribution in [2.45, 2.75) is 38.5 Å². The summed E-state index contributed by atoms with van der Waals surface area (Å²) in [6, 6.07) is 0. The molecule has 2 spiro atoms. The van der Waals surface area contributed by atoms with Crippen LogP contribution in [0, 0.1) is 10.8 Å². The van der Waals surface area contributed by atoms with Gasteiger partial charge in [0.1, 0.15) is 0 Å². The highest BCUT2D eigenvalue weighted by Gasteiger charge is 2.74. The van der Waals surface area contributed by atoms with Crippen molar-refractivity contribution in [2.75, 3.05) is 0 Å². The van der Waals surface area contributed by atoms with Gasteiger partial charge >= 0.3 is 0 Å². The lowest BCUT2D eigenvalue weighted by Crippen LogP contribution is -2.71. The molecule has 64 valence electrons. The van der Waals surface area contributed by atoms with E-state index in [1.165, 1.54) is 0 Å². The summed E-state index contributed by atoms with van der Waals surface area (Å²) in [5.41, 5.74) is -0.860. The van der Waals surface area contributed by atoms with Crippen molar-refractivity contribution in [1.82, 2.24) is 0 Å². The van der Waals surface area contributed by atoms with Crippen LogP contribution in [-0.2, 0) is 9.59 Å². The standard InChI is InChI=1S/C10H12O2/c11-7-9(3-1-4-9)8(12)10(7)5-2-6-10/h1-6H2. The molecule has 12 heavy (non-hydrogen) atoms. The summed E-state index contributed by atoms with van der Waals surface area (Å²) in [6.45, 7) is 0. The van der Waals surface area contributed by atoms with Gasteiger partial charge in [0.25, 0.3) is 0 Å². The number of carbonyl (C=O) groups excluding carboxylic acids is 2. The quantitative estimate of drug-likeness (QED) is 0.508. The molecule has 0 aromatic heterocycles. The average molecular weight is 164 g/mol. The first-order valence-corrected chi connectivity index (χ1v) is 4.82. The summed E-state index contributed by atoms with van der Waals surface area (Å²) in [4.78, 5) is 23.5. The molecule has 2 nitrogen and oxygen atoms in total. The lowest BCUT2D eigenvalue weighted by molar-refractivity contribution is -0.185. The Hall–Kier alpha value is -0.660. The molecular formula is C10H12O2. The summed E-state index contributed by atoms with van der Waals surface area (Å²) in [6.07, 6.45) is 5.57. The molecular weight excluding hydrogens is 152 g/mol. The molecule has 0 saturated heterocycles. The van der Waals surface area contributed by atoms with E-state index in [-0.39, 0.29) is 0 Å². The zero-order valence-electron chi connectivity index (χ0n) is 7.06. The minimum Gasteiger partial charge on any atom is -0.297 e. The SMILES string of the molecule is O=C1C2(CCC2)C(=O)C12CCC2. The van der Waals surface area contributed by atoms with Crippen molar-refractivity contribution in [2.24, 2.45) is 10.8 Å². The highest BCUT2D eigenvalue weighted by atomic mass is 16.2. The number of hydrogen-bond donors (Lipinski definition) is 0. The van der Waals surface area contributed by atoms with E-state index < -0.39 is 10.8 Å². The summed E-state index contributed by atoms with van der Waals surface area (Å²) in [7, 11) is 0. The van der Waals surface area contributed by atoms with Gasteiger partial charge in [-0.05, 0) is 25.7 Å². The Morgan fingerprint density at radius 3 is 1.25 bits per heavy atom. The molecule has 0 heterocycles. The average Bonchev–Trinajstić information content (AvgIpc) is 1.80. The summed E-state index contributed by atoms with van der Waals surface area (Å²) < 4.78 is 0. The Labute approximate surface area is 71.3 Å². The Balaban J connectivity index is 1.96. The zero-order chi connectivity index (χ0) is 8.40. The van der Waals surface area contributed by atoms with Gasteiger partial charge in [-0.25, -0.2) is 0 Å². The van der Waals surface area contributed by atoms with E-state index in [1.807, 2.05) is 0 Å². The third-order valence-corrected chi connectivity index (χ3v) is 4.15. The maximum atomic E-state index is 11.8. The van der Waals surface area contributed by atoms with Crippen LogP contribution in [0.25, 0.3) is 0 Å². The Morgan fingerprint density at radius 2 is 1.08 bits per heavy atom. The number of Topliss-reactive ketones (excluding diaryl/α,β-unsaturated/α-hetero) is 2. The zero-order valence-corrected chi connectivity index (χ0v) is 7.06. The van der Waals surface area contributed by atoms with E-state index in [9.17, 15) is 9.59 Å². The van der Waals surface area contributed by atoms with E-state index in [0.717, 1.165) is 38.5 Å². The number of ketones is 2. The molecule has 0 N–H and O–H groups in total. The largest absolute Gasteiger partial charge is 0.297 e. The third kappa shape index (κ3) is 0.420. The van der Waals surface area contributed by atoms with Crippen LogP contribution in [0.5, 0.6) is 0 Å². The van der Waals surface area contributed by atoms with Crippen molar-refractivity contribution in [3.63, 3.8) is 0 Å².